The molecule has 0 spiro atoms. The molecule has 0 aliphatic carbocycles. The number of aromatic nitrogens is 3. The molecule has 5 heteroatoms. The second kappa shape index (κ2) is 7.60. The van der Waals surface area contributed by atoms with Crippen LogP contribution in [0.15, 0.2) is 55.1 Å². The van der Waals surface area contributed by atoms with Crippen molar-refractivity contribution in [1.82, 2.24) is 19.9 Å². The Labute approximate surface area is 153 Å². The van der Waals surface area contributed by atoms with Gasteiger partial charge in [0.05, 0.1) is 5.52 Å². The van der Waals surface area contributed by atoms with Crippen molar-refractivity contribution in [3.8, 4) is 0 Å². The minimum absolute atomic E-state index is 0.0184. The van der Waals surface area contributed by atoms with Crippen molar-refractivity contribution in [2.24, 2.45) is 5.92 Å². The zero-order valence-corrected chi connectivity index (χ0v) is 14.7. The first-order chi connectivity index (χ1) is 12.8. The number of hydrogen-bond acceptors (Lipinski definition) is 4. The topological polar surface area (TPSA) is 59.0 Å². The molecule has 0 saturated carbocycles. The van der Waals surface area contributed by atoms with Crippen LogP contribution in [0.25, 0.3) is 10.9 Å². The minimum atomic E-state index is 0.0184. The van der Waals surface area contributed by atoms with E-state index >= 15 is 0 Å². The first kappa shape index (κ1) is 16.6. The maximum Gasteiger partial charge on any atom is 0.272 e. The lowest BCUT2D eigenvalue weighted by molar-refractivity contribution is 0.0754. The monoisotopic (exact) mass is 346 g/mol. The van der Waals surface area contributed by atoms with Gasteiger partial charge in [0.15, 0.2) is 0 Å². The predicted octanol–water partition coefficient (Wildman–Crippen LogP) is 3.51. The average molecular weight is 346 g/mol. The summed E-state index contributed by atoms with van der Waals surface area (Å²) in [4.78, 5) is 26.9. The van der Waals surface area contributed by atoms with Gasteiger partial charge in [0, 0.05) is 30.9 Å². The molecule has 1 saturated heterocycles. The maximum atomic E-state index is 12.6. The van der Waals surface area contributed by atoms with Crippen LogP contribution in [0.5, 0.6) is 0 Å². The van der Waals surface area contributed by atoms with Crippen LogP contribution >= 0.6 is 0 Å². The number of rotatable bonds is 3. The second-order valence-corrected chi connectivity index (χ2v) is 6.92. The van der Waals surface area contributed by atoms with Gasteiger partial charge in [0.25, 0.3) is 5.91 Å². The minimum Gasteiger partial charge on any atom is -0.337 e. The van der Waals surface area contributed by atoms with Crippen molar-refractivity contribution in [2.75, 3.05) is 13.1 Å². The van der Waals surface area contributed by atoms with E-state index in [1.54, 1.807) is 12.3 Å². The van der Waals surface area contributed by atoms with Gasteiger partial charge >= 0.3 is 0 Å². The summed E-state index contributed by atoms with van der Waals surface area (Å²) in [5, 5.41) is 1.19. The first-order valence-electron chi connectivity index (χ1n) is 9.18. The lowest BCUT2D eigenvalue weighted by Gasteiger charge is -2.20. The molecule has 4 rings (SSSR count). The summed E-state index contributed by atoms with van der Waals surface area (Å²) in [6.45, 7) is 1.60. The third kappa shape index (κ3) is 3.72. The fraction of sp³-hybridized carbons (Fsp3) is 0.333. The predicted molar refractivity (Wildman–Crippen MR) is 101 cm³/mol. The zero-order chi connectivity index (χ0) is 17.8. The van der Waals surface area contributed by atoms with E-state index in [1.165, 1.54) is 17.3 Å². The Balaban J connectivity index is 1.41. The van der Waals surface area contributed by atoms with Crippen LogP contribution in [0.4, 0.5) is 0 Å². The van der Waals surface area contributed by atoms with Crippen molar-refractivity contribution in [1.29, 1.82) is 0 Å². The van der Waals surface area contributed by atoms with Gasteiger partial charge in [-0.25, -0.2) is 9.97 Å². The molecule has 1 amide bonds. The molecule has 1 aliphatic rings. The number of amides is 1. The molecule has 1 aromatic carbocycles. The van der Waals surface area contributed by atoms with E-state index < -0.39 is 0 Å². The van der Waals surface area contributed by atoms with Gasteiger partial charge in [-0.05, 0) is 61.4 Å². The molecule has 132 valence electrons. The maximum absolute atomic E-state index is 12.6. The molecule has 0 unspecified atom stereocenters. The summed E-state index contributed by atoms with van der Waals surface area (Å²) in [5.74, 6) is 0.622. The van der Waals surface area contributed by atoms with Crippen LogP contribution in [0.2, 0.25) is 0 Å². The fourth-order valence-electron chi connectivity index (χ4n) is 3.74. The van der Waals surface area contributed by atoms with Crippen molar-refractivity contribution in [3.05, 3.63) is 66.4 Å². The van der Waals surface area contributed by atoms with Crippen molar-refractivity contribution in [2.45, 2.75) is 25.7 Å². The fourth-order valence-corrected chi connectivity index (χ4v) is 3.74. The van der Waals surface area contributed by atoms with E-state index in [0.29, 0.717) is 11.6 Å². The van der Waals surface area contributed by atoms with E-state index in [-0.39, 0.29) is 5.91 Å². The molecule has 1 fully saturated rings. The molecule has 0 N–H and O–H groups in total. The van der Waals surface area contributed by atoms with Crippen LogP contribution in [0, 0.1) is 5.92 Å². The molecular weight excluding hydrogens is 324 g/mol. The van der Waals surface area contributed by atoms with Gasteiger partial charge in [-0.15, -0.1) is 0 Å². The van der Waals surface area contributed by atoms with Crippen molar-refractivity contribution in [3.63, 3.8) is 0 Å². The molecule has 26 heavy (non-hydrogen) atoms. The summed E-state index contributed by atoms with van der Waals surface area (Å²) in [6.07, 6.45) is 9.16. The highest BCUT2D eigenvalue weighted by molar-refractivity contribution is 5.92. The van der Waals surface area contributed by atoms with E-state index in [1.807, 2.05) is 17.2 Å². The van der Waals surface area contributed by atoms with Crippen LogP contribution in [0.3, 0.4) is 0 Å². The zero-order valence-electron chi connectivity index (χ0n) is 14.7. The Morgan fingerprint density at radius 2 is 2.04 bits per heavy atom. The third-order valence-electron chi connectivity index (χ3n) is 5.13. The molecule has 2 aromatic heterocycles. The normalized spacial score (nSPS) is 17.8. The number of fused-ring (bicyclic) bond motifs is 1. The largest absolute Gasteiger partial charge is 0.337 e. The van der Waals surface area contributed by atoms with Gasteiger partial charge in [0.1, 0.15) is 12.0 Å². The highest BCUT2D eigenvalue weighted by atomic mass is 16.2. The van der Waals surface area contributed by atoms with E-state index in [0.717, 1.165) is 44.3 Å². The standard InChI is InChI=1S/C21H22N4O/c26-21(20-7-10-22-15-24-20)25-11-2-3-16(8-12-25)13-17-5-6-19-18(14-17)4-1-9-23-19/h1,4-7,9-10,14-16H,2-3,8,11-13H2/t16-/m1/s1. The Morgan fingerprint density at radius 1 is 1.08 bits per heavy atom. The van der Waals surface area contributed by atoms with Crippen LogP contribution in [-0.2, 0) is 6.42 Å². The highest BCUT2D eigenvalue weighted by Gasteiger charge is 2.22. The lowest BCUT2D eigenvalue weighted by Crippen LogP contribution is -2.32. The summed E-state index contributed by atoms with van der Waals surface area (Å²) in [7, 11) is 0. The second-order valence-electron chi connectivity index (χ2n) is 6.92. The molecule has 3 aromatic rings. The molecule has 5 nitrogen and oxygen atoms in total. The highest BCUT2D eigenvalue weighted by Crippen LogP contribution is 2.24. The summed E-state index contributed by atoms with van der Waals surface area (Å²) < 4.78 is 0. The lowest BCUT2D eigenvalue weighted by atomic mass is 9.92. The Hall–Kier alpha value is -2.82. The Bertz CT molecular complexity index is 897. The Kier molecular flexibility index (Phi) is 4.86. The number of pyridine rings is 1. The molecule has 1 atom stereocenters. The molecule has 1 aliphatic heterocycles. The van der Waals surface area contributed by atoms with Gasteiger partial charge in [-0.1, -0.05) is 12.1 Å². The van der Waals surface area contributed by atoms with Crippen molar-refractivity contribution < 1.29 is 4.79 Å². The van der Waals surface area contributed by atoms with Crippen LogP contribution in [0.1, 0.15) is 35.3 Å². The summed E-state index contributed by atoms with van der Waals surface area (Å²) in [6, 6.07) is 12.3. The summed E-state index contributed by atoms with van der Waals surface area (Å²) in [5.41, 5.74) is 2.88. The van der Waals surface area contributed by atoms with Crippen molar-refractivity contribution >= 4 is 16.8 Å². The van der Waals surface area contributed by atoms with E-state index in [2.05, 4.69) is 39.2 Å². The summed E-state index contributed by atoms with van der Waals surface area (Å²) >= 11 is 0. The number of carbonyl (C=O) groups is 1. The first-order valence-corrected chi connectivity index (χ1v) is 9.18. The van der Waals surface area contributed by atoms with Gasteiger partial charge in [-0.3, -0.25) is 9.78 Å². The van der Waals surface area contributed by atoms with Crippen LogP contribution in [-0.4, -0.2) is 38.8 Å². The molecule has 0 bridgehead atoms. The van der Waals surface area contributed by atoms with E-state index in [9.17, 15) is 4.79 Å². The molecule has 0 radical (unpaired) electrons. The van der Waals surface area contributed by atoms with Crippen LogP contribution < -0.4 is 0 Å². The van der Waals surface area contributed by atoms with Gasteiger partial charge in [-0.2, -0.15) is 0 Å². The quantitative estimate of drug-likeness (QED) is 0.728. The number of benzene rings is 1. The van der Waals surface area contributed by atoms with Gasteiger partial charge in [0.2, 0.25) is 0 Å². The molecular formula is C21H22N4O. The number of likely N-dealkylation sites (tertiary alicyclic amines) is 1. The van der Waals surface area contributed by atoms with E-state index in [4.69, 9.17) is 0 Å². The SMILES string of the molecule is O=C(c1ccncn1)N1CCC[C@@H](Cc2ccc3ncccc3c2)CC1. The smallest absolute Gasteiger partial charge is 0.272 e. The number of carbonyl (C=O) groups excluding carboxylic acids is 1. The number of hydrogen-bond donors (Lipinski definition) is 0. The third-order valence-corrected chi connectivity index (χ3v) is 5.13. The number of nitrogens with zero attached hydrogens (tertiary/aromatic N) is 4. The Morgan fingerprint density at radius 3 is 2.92 bits per heavy atom. The average Bonchev–Trinajstić information content (AvgIpc) is 2.93. The molecule has 3 heterocycles. The van der Waals surface area contributed by atoms with Gasteiger partial charge < -0.3 is 4.90 Å².